The number of benzene rings is 2. The zero-order valence-corrected chi connectivity index (χ0v) is 15.7. The van der Waals surface area contributed by atoms with Gasteiger partial charge in [-0.1, -0.05) is 18.2 Å². The lowest BCUT2D eigenvalue weighted by Gasteiger charge is -2.46. The minimum Gasteiger partial charge on any atom is -0.457 e. The monoisotopic (exact) mass is 366 g/mol. The molecule has 0 saturated carbocycles. The van der Waals surface area contributed by atoms with E-state index in [4.69, 9.17) is 4.74 Å². The van der Waals surface area contributed by atoms with E-state index in [1.807, 2.05) is 59.5 Å². The number of nitrogens with zero attached hydrogens (tertiary/aromatic N) is 3. The Morgan fingerprint density at radius 3 is 2.41 bits per heavy atom. The van der Waals surface area contributed by atoms with Gasteiger partial charge in [-0.25, -0.2) is 4.79 Å². The number of amides is 2. The summed E-state index contributed by atoms with van der Waals surface area (Å²) in [5, 5.41) is 3.01. The molecule has 0 aromatic heterocycles. The third-order valence-corrected chi connectivity index (χ3v) is 5.27. The van der Waals surface area contributed by atoms with Crippen molar-refractivity contribution in [2.75, 3.05) is 51.6 Å². The molecule has 2 saturated heterocycles. The Kier molecular flexibility index (Phi) is 5.27. The Bertz CT molecular complexity index is 766. The molecule has 6 nitrogen and oxygen atoms in total. The van der Waals surface area contributed by atoms with Gasteiger partial charge in [-0.05, 0) is 43.4 Å². The van der Waals surface area contributed by atoms with Gasteiger partial charge in [0.15, 0.2) is 0 Å². The third kappa shape index (κ3) is 4.40. The Hall–Kier alpha value is -2.57. The first kappa shape index (κ1) is 17.8. The molecule has 27 heavy (non-hydrogen) atoms. The summed E-state index contributed by atoms with van der Waals surface area (Å²) in [6.45, 7) is 5.75. The van der Waals surface area contributed by atoms with Crippen LogP contribution in [0.1, 0.15) is 0 Å². The molecule has 0 spiro atoms. The van der Waals surface area contributed by atoms with Gasteiger partial charge in [0.05, 0.1) is 0 Å². The Morgan fingerprint density at radius 1 is 0.926 bits per heavy atom. The van der Waals surface area contributed by atoms with Gasteiger partial charge in [-0.15, -0.1) is 0 Å². The highest BCUT2D eigenvalue weighted by Gasteiger charge is 2.32. The number of ether oxygens (including phenoxy) is 1. The summed E-state index contributed by atoms with van der Waals surface area (Å²) in [5.41, 5.74) is 0.781. The van der Waals surface area contributed by atoms with Crippen LogP contribution in [-0.2, 0) is 0 Å². The zero-order valence-electron chi connectivity index (χ0n) is 15.7. The highest BCUT2D eigenvalue weighted by molar-refractivity contribution is 5.89. The maximum Gasteiger partial charge on any atom is 0.321 e. The zero-order chi connectivity index (χ0) is 18.6. The first-order chi connectivity index (χ1) is 13.2. The van der Waals surface area contributed by atoms with Gasteiger partial charge in [0.25, 0.3) is 0 Å². The number of fused-ring (bicyclic) bond motifs is 1. The van der Waals surface area contributed by atoms with E-state index in [-0.39, 0.29) is 6.03 Å². The summed E-state index contributed by atoms with van der Waals surface area (Å²) >= 11 is 0. The van der Waals surface area contributed by atoms with Crippen molar-refractivity contribution in [2.24, 2.45) is 0 Å². The number of carbonyl (C=O) groups is 1. The maximum absolute atomic E-state index is 12.7. The van der Waals surface area contributed by atoms with Crippen molar-refractivity contribution in [1.29, 1.82) is 0 Å². The predicted octanol–water partition coefficient (Wildman–Crippen LogP) is 2.94. The van der Waals surface area contributed by atoms with Crippen molar-refractivity contribution in [1.82, 2.24) is 14.7 Å². The van der Waals surface area contributed by atoms with Crippen LogP contribution in [0.3, 0.4) is 0 Å². The lowest BCUT2D eigenvalue weighted by Crippen LogP contribution is -2.62. The molecule has 0 bridgehead atoms. The van der Waals surface area contributed by atoms with E-state index in [1.165, 1.54) is 0 Å². The second-order valence-corrected chi connectivity index (χ2v) is 7.27. The number of carbonyl (C=O) groups excluding carboxylic acids is 1. The van der Waals surface area contributed by atoms with Crippen molar-refractivity contribution in [3.63, 3.8) is 0 Å². The molecule has 1 atom stereocenters. The standard InChI is InChI=1S/C21H26N4O2/c1-23-11-12-24-13-14-25(16-18(24)15-23)21(26)22-17-7-9-20(10-8-17)27-19-5-3-2-4-6-19/h2-10,18H,11-16H2,1H3,(H,22,26)/t18-/m1/s1. The largest absolute Gasteiger partial charge is 0.457 e. The fourth-order valence-corrected chi connectivity index (χ4v) is 3.73. The lowest BCUT2D eigenvalue weighted by molar-refractivity contribution is 0.0353. The quantitative estimate of drug-likeness (QED) is 0.907. The number of hydrogen-bond donors (Lipinski definition) is 1. The van der Waals surface area contributed by atoms with Gasteiger partial charge in [0, 0.05) is 51.0 Å². The molecule has 2 heterocycles. The maximum atomic E-state index is 12.7. The van der Waals surface area contributed by atoms with Crippen molar-refractivity contribution in [3.8, 4) is 11.5 Å². The van der Waals surface area contributed by atoms with Crippen molar-refractivity contribution >= 4 is 11.7 Å². The molecular formula is C21H26N4O2. The van der Waals surface area contributed by atoms with Gasteiger partial charge in [-0.3, -0.25) is 4.90 Å². The van der Waals surface area contributed by atoms with Gasteiger partial charge in [0.2, 0.25) is 0 Å². The number of urea groups is 1. The van der Waals surface area contributed by atoms with E-state index >= 15 is 0 Å². The number of likely N-dealkylation sites (N-methyl/N-ethyl adjacent to an activating group) is 1. The number of nitrogens with one attached hydrogen (secondary N) is 1. The van der Waals surface area contributed by atoms with Crippen LogP contribution in [-0.4, -0.2) is 73.1 Å². The van der Waals surface area contributed by atoms with E-state index in [2.05, 4.69) is 22.2 Å². The predicted molar refractivity (Wildman–Crippen MR) is 106 cm³/mol. The third-order valence-electron chi connectivity index (χ3n) is 5.27. The van der Waals surface area contributed by atoms with E-state index in [0.717, 1.165) is 56.5 Å². The van der Waals surface area contributed by atoms with Gasteiger partial charge in [0.1, 0.15) is 11.5 Å². The molecule has 2 aliphatic rings. The summed E-state index contributed by atoms with van der Waals surface area (Å²) in [7, 11) is 2.15. The fraction of sp³-hybridized carbons (Fsp3) is 0.381. The van der Waals surface area contributed by atoms with E-state index in [1.54, 1.807) is 0 Å². The molecule has 2 amide bonds. The van der Waals surface area contributed by atoms with Crippen molar-refractivity contribution in [3.05, 3.63) is 54.6 Å². The molecule has 0 radical (unpaired) electrons. The summed E-state index contributed by atoms with van der Waals surface area (Å²) in [4.78, 5) is 19.4. The molecule has 4 rings (SSSR count). The molecule has 142 valence electrons. The Morgan fingerprint density at radius 2 is 1.63 bits per heavy atom. The topological polar surface area (TPSA) is 48.0 Å². The van der Waals surface area contributed by atoms with Crippen LogP contribution in [0.4, 0.5) is 10.5 Å². The molecule has 1 N–H and O–H groups in total. The number of rotatable bonds is 3. The second-order valence-electron chi connectivity index (χ2n) is 7.27. The van der Waals surface area contributed by atoms with Crippen molar-refractivity contribution in [2.45, 2.75) is 6.04 Å². The van der Waals surface area contributed by atoms with E-state index < -0.39 is 0 Å². The smallest absolute Gasteiger partial charge is 0.321 e. The van der Waals surface area contributed by atoms with Crippen LogP contribution < -0.4 is 10.1 Å². The summed E-state index contributed by atoms with van der Waals surface area (Å²) < 4.78 is 5.79. The lowest BCUT2D eigenvalue weighted by atomic mass is 10.1. The van der Waals surface area contributed by atoms with E-state index in [0.29, 0.717) is 6.04 Å². The minimum absolute atomic E-state index is 0.0281. The number of hydrogen-bond acceptors (Lipinski definition) is 4. The van der Waals surface area contributed by atoms with Gasteiger partial charge < -0.3 is 19.9 Å². The molecule has 6 heteroatoms. The molecule has 2 aliphatic heterocycles. The number of piperazine rings is 2. The van der Waals surface area contributed by atoms with Crippen LogP contribution in [0, 0.1) is 0 Å². The minimum atomic E-state index is -0.0281. The Labute approximate surface area is 160 Å². The molecule has 2 aromatic carbocycles. The molecule has 0 unspecified atom stereocenters. The van der Waals surface area contributed by atoms with Crippen LogP contribution in [0.5, 0.6) is 11.5 Å². The SMILES string of the molecule is CN1CCN2CCN(C(=O)Nc3ccc(Oc4ccccc4)cc3)C[C@H]2C1. The first-order valence-corrected chi connectivity index (χ1v) is 9.49. The summed E-state index contributed by atoms with van der Waals surface area (Å²) in [6, 6.07) is 17.6. The van der Waals surface area contributed by atoms with Gasteiger partial charge in [-0.2, -0.15) is 0 Å². The average molecular weight is 366 g/mol. The fourth-order valence-electron chi connectivity index (χ4n) is 3.73. The second kappa shape index (κ2) is 7.98. The number of anilines is 1. The molecule has 2 fully saturated rings. The highest BCUT2D eigenvalue weighted by atomic mass is 16.5. The van der Waals surface area contributed by atoms with Gasteiger partial charge >= 0.3 is 6.03 Å². The van der Waals surface area contributed by atoms with Crippen LogP contribution in [0.25, 0.3) is 0 Å². The number of para-hydroxylation sites is 1. The summed E-state index contributed by atoms with van der Waals surface area (Å²) in [6.07, 6.45) is 0. The molecular weight excluding hydrogens is 340 g/mol. The van der Waals surface area contributed by atoms with Crippen LogP contribution >= 0.6 is 0 Å². The van der Waals surface area contributed by atoms with Crippen LogP contribution in [0.2, 0.25) is 0 Å². The summed E-state index contributed by atoms with van der Waals surface area (Å²) in [5.74, 6) is 1.54. The van der Waals surface area contributed by atoms with Crippen LogP contribution in [0.15, 0.2) is 54.6 Å². The van der Waals surface area contributed by atoms with E-state index in [9.17, 15) is 4.79 Å². The first-order valence-electron chi connectivity index (χ1n) is 9.49. The average Bonchev–Trinajstić information content (AvgIpc) is 2.69. The molecule has 0 aliphatic carbocycles. The highest BCUT2D eigenvalue weighted by Crippen LogP contribution is 2.23. The Balaban J connectivity index is 1.33. The molecule has 2 aromatic rings. The van der Waals surface area contributed by atoms with Crippen molar-refractivity contribution < 1.29 is 9.53 Å². The normalized spacial score (nSPS) is 20.8.